The first-order chi connectivity index (χ1) is 13.0. The number of benzene rings is 2. The lowest BCUT2D eigenvalue weighted by atomic mass is 10.1. The topological polar surface area (TPSA) is 69.0 Å². The minimum Gasteiger partial charge on any atom is -0.460 e. The van der Waals surface area contributed by atoms with E-state index in [0.29, 0.717) is 17.5 Å². The SMILES string of the molecule is Cc1ccccc1-c1nc(OC(C)C)nn1-c1ccc(NC(=O)CCl)cc1. The number of aryl methyl sites for hydroxylation is 1. The van der Waals surface area contributed by atoms with Gasteiger partial charge in [0.1, 0.15) is 5.88 Å². The van der Waals surface area contributed by atoms with Gasteiger partial charge in [-0.05, 0) is 50.6 Å². The number of carbonyl (C=O) groups is 1. The van der Waals surface area contributed by atoms with E-state index in [1.807, 2.05) is 57.2 Å². The zero-order valence-electron chi connectivity index (χ0n) is 15.4. The van der Waals surface area contributed by atoms with E-state index in [2.05, 4.69) is 15.4 Å². The lowest BCUT2D eigenvalue weighted by Crippen LogP contribution is -2.12. The Morgan fingerprint density at radius 1 is 1.19 bits per heavy atom. The van der Waals surface area contributed by atoms with Gasteiger partial charge in [-0.15, -0.1) is 16.7 Å². The van der Waals surface area contributed by atoms with Crippen molar-refractivity contribution in [1.29, 1.82) is 0 Å². The van der Waals surface area contributed by atoms with Crippen LogP contribution in [0.25, 0.3) is 17.1 Å². The molecule has 0 aliphatic carbocycles. The second-order valence-corrected chi connectivity index (χ2v) is 6.61. The third kappa shape index (κ3) is 4.46. The highest BCUT2D eigenvalue weighted by Crippen LogP contribution is 2.27. The Bertz CT molecular complexity index is 935. The van der Waals surface area contributed by atoms with Crippen LogP contribution in [0.3, 0.4) is 0 Å². The van der Waals surface area contributed by atoms with E-state index >= 15 is 0 Å². The maximum Gasteiger partial charge on any atom is 0.336 e. The zero-order chi connectivity index (χ0) is 19.4. The predicted octanol–water partition coefficient (Wildman–Crippen LogP) is 4.21. The van der Waals surface area contributed by atoms with Crippen molar-refractivity contribution >= 4 is 23.2 Å². The molecule has 0 unspecified atom stereocenters. The summed E-state index contributed by atoms with van der Waals surface area (Å²) in [6, 6.07) is 15.6. The summed E-state index contributed by atoms with van der Waals surface area (Å²) in [7, 11) is 0. The number of hydrogen-bond acceptors (Lipinski definition) is 4. The number of nitrogens with zero attached hydrogens (tertiary/aromatic N) is 3. The summed E-state index contributed by atoms with van der Waals surface area (Å²) in [4.78, 5) is 16.0. The molecule has 1 amide bonds. The molecule has 0 saturated carbocycles. The number of rotatable bonds is 6. The van der Waals surface area contributed by atoms with Crippen molar-refractivity contribution in [2.75, 3.05) is 11.2 Å². The molecule has 1 heterocycles. The fraction of sp³-hybridized carbons (Fsp3) is 0.250. The Balaban J connectivity index is 2.02. The van der Waals surface area contributed by atoms with Gasteiger partial charge in [-0.3, -0.25) is 4.79 Å². The Morgan fingerprint density at radius 3 is 2.52 bits per heavy atom. The van der Waals surface area contributed by atoms with Crippen LogP contribution >= 0.6 is 11.6 Å². The van der Waals surface area contributed by atoms with Gasteiger partial charge in [-0.1, -0.05) is 24.3 Å². The summed E-state index contributed by atoms with van der Waals surface area (Å²) in [5.74, 6) is 0.359. The number of halogens is 1. The molecule has 7 heteroatoms. The lowest BCUT2D eigenvalue weighted by molar-refractivity contribution is -0.113. The van der Waals surface area contributed by atoms with Crippen LogP contribution in [0.1, 0.15) is 19.4 Å². The number of carbonyl (C=O) groups excluding carboxylic acids is 1. The molecule has 0 fully saturated rings. The number of alkyl halides is 1. The van der Waals surface area contributed by atoms with Crippen LogP contribution in [0, 0.1) is 6.92 Å². The summed E-state index contributed by atoms with van der Waals surface area (Å²) in [5, 5.41) is 7.24. The highest BCUT2D eigenvalue weighted by atomic mass is 35.5. The molecule has 0 atom stereocenters. The molecule has 3 rings (SSSR count). The Hall–Kier alpha value is -2.86. The van der Waals surface area contributed by atoms with Crippen LogP contribution in [0.4, 0.5) is 5.69 Å². The van der Waals surface area contributed by atoms with Gasteiger partial charge in [-0.2, -0.15) is 4.98 Å². The minimum atomic E-state index is -0.251. The number of aromatic nitrogens is 3. The van der Waals surface area contributed by atoms with Crippen LogP contribution < -0.4 is 10.1 Å². The molecule has 1 aromatic heterocycles. The number of ether oxygens (including phenoxy) is 1. The van der Waals surface area contributed by atoms with Gasteiger partial charge in [0, 0.05) is 11.3 Å². The molecule has 27 heavy (non-hydrogen) atoms. The van der Waals surface area contributed by atoms with Crippen LogP contribution in [0.5, 0.6) is 6.01 Å². The van der Waals surface area contributed by atoms with Crippen molar-refractivity contribution in [3.8, 4) is 23.1 Å². The van der Waals surface area contributed by atoms with Crippen molar-refractivity contribution in [3.63, 3.8) is 0 Å². The molecule has 2 aromatic carbocycles. The maximum atomic E-state index is 11.4. The first-order valence-electron chi connectivity index (χ1n) is 8.64. The highest BCUT2D eigenvalue weighted by molar-refractivity contribution is 6.29. The average Bonchev–Trinajstić information content (AvgIpc) is 3.05. The number of anilines is 1. The molecule has 0 spiro atoms. The van der Waals surface area contributed by atoms with Gasteiger partial charge >= 0.3 is 6.01 Å². The Kier molecular flexibility index (Phi) is 5.76. The molecule has 0 bridgehead atoms. The molecular weight excluding hydrogens is 364 g/mol. The van der Waals surface area contributed by atoms with Gasteiger partial charge in [0.2, 0.25) is 5.91 Å². The van der Waals surface area contributed by atoms with Gasteiger partial charge in [0.05, 0.1) is 11.8 Å². The van der Waals surface area contributed by atoms with E-state index in [9.17, 15) is 4.79 Å². The van der Waals surface area contributed by atoms with E-state index in [0.717, 1.165) is 16.8 Å². The molecule has 140 valence electrons. The quantitative estimate of drug-likeness (QED) is 0.646. The number of nitrogens with one attached hydrogen (secondary N) is 1. The second-order valence-electron chi connectivity index (χ2n) is 6.34. The molecule has 6 nitrogen and oxygen atoms in total. The Morgan fingerprint density at radius 2 is 1.89 bits per heavy atom. The summed E-state index contributed by atoms with van der Waals surface area (Å²) >= 11 is 5.53. The molecule has 0 radical (unpaired) electrons. The summed E-state index contributed by atoms with van der Waals surface area (Å²) in [6.45, 7) is 5.90. The lowest BCUT2D eigenvalue weighted by Gasteiger charge is -2.09. The summed E-state index contributed by atoms with van der Waals surface area (Å²) in [6.07, 6.45) is -0.0290. The third-order valence-electron chi connectivity index (χ3n) is 3.83. The third-order valence-corrected chi connectivity index (χ3v) is 4.07. The molecule has 1 N–H and O–H groups in total. The van der Waals surface area contributed by atoms with Gasteiger partial charge in [0.15, 0.2) is 5.82 Å². The minimum absolute atomic E-state index is 0.0290. The monoisotopic (exact) mass is 384 g/mol. The standard InChI is InChI=1S/C20H21ClN4O2/c1-13(2)27-20-23-19(17-7-5-4-6-14(17)3)25(24-20)16-10-8-15(9-11-16)22-18(26)12-21/h4-11,13H,12H2,1-3H3,(H,22,26). The normalized spacial score (nSPS) is 10.9. The largest absolute Gasteiger partial charge is 0.460 e. The predicted molar refractivity (Wildman–Crippen MR) is 107 cm³/mol. The first-order valence-corrected chi connectivity index (χ1v) is 9.17. The van der Waals surface area contributed by atoms with Crippen LogP contribution in [0.15, 0.2) is 48.5 Å². The number of amides is 1. The maximum absolute atomic E-state index is 11.4. The second kappa shape index (κ2) is 8.22. The molecular formula is C20H21ClN4O2. The van der Waals surface area contributed by atoms with E-state index in [4.69, 9.17) is 16.3 Å². The molecule has 0 aliphatic rings. The Labute approximate surface area is 163 Å². The van der Waals surface area contributed by atoms with Gasteiger partial charge in [-0.25, -0.2) is 4.68 Å². The van der Waals surface area contributed by atoms with Crippen molar-refractivity contribution in [3.05, 3.63) is 54.1 Å². The average molecular weight is 385 g/mol. The van der Waals surface area contributed by atoms with E-state index in [1.54, 1.807) is 16.8 Å². The summed E-state index contributed by atoms with van der Waals surface area (Å²) < 4.78 is 7.44. The fourth-order valence-corrected chi connectivity index (χ4v) is 2.68. The van der Waals surface area contributed by atoms with Crippen molar-refractivity contribution in [1.82, 2.24) is 14.8 Å². The van der Waals surface area contributed by atoms with E-state index < -0.39 is 0 Å². The highest BCUT2D eigenvalue weighted by Gasteiger charge is 2.17. The van der Waals surface area contributed by atoms with Crippen LogP contribution in [-0.4, -0.2) is 32.7 Å². The smallest absolute Gasteiger partial charge is 0.336 e. The van der Waals surface area contributed by atoms with Crippen LogP contribution in [-0.2, 0) is 4.79 Å². The zero-order valence-corrected chi connectivity index (χ0v) is 16.2. The van der Waals surface area contributed by atoms with Gasteiger partial charge < -0.3 is 10.1 Å². The molecule has 0 aliphatic heterocycles. The van der Waals surface area contributed by atoms with Crippen LogP contribution in [0.2, 0.25) is 0 Å². The molecule has 0 saturated heterocycles. The summed E-state index contributed by atoms with van der Waals surface area (Å²) in [5.41, 5.74) is 3.54. The van der Waals surface area contributed by atoms with E-state index in [1.165, 1.54) is 0 Å². The van der Waals surface area contributed by atoms with Crippen molar-refractivity contribution in [2.24, 2.45) is 0 Å². The van der Waals surface area contributed by atoms with Crippen molar-refractivity contribution < 1.29 is 9.53 Å². The molecule has 3 aromatic rings. The van der Waals surface area contributed by atoms with Gasteiger partial charge in [0.25, 0.3) is 0 Å². The fourth-order valence-electron chi connectivity index (χ4n) is 2.61. The first kappa shape index (κ1) is 18.9. The van der Waals surface area contributed by atoms with E-state index in [-0.39, 0.29) is 17.9 Å². The van der Waals surface area contributed by atoms with Crippen molar-refractivity contribution in [2.45, 2.75) is 26.9 Å². The number of hydrogen-bond donors (Lipinski definition) is 1.